The lowest BCUT2D eigenvalue weighted by molar-refractivity contribution is 0.0592. The highest BCUT2D eigenvalue weighted by atomic mass is 16.5. The minimum atomic E-state index is -0.512. The van der Waals surface area contributed by atoms with Crippen molar-refractivity contribution in [3.8, 4) is 0 Å². The Labute approximate surface area is 112 Å². The number of amides is 1. The zero-order valence-corrected chi connectivity index (χ0v) is 11.3. The number of hydrogen-bond acceptors (Lipinski definition) is 4. The van der Waals surface area contributed by atoms with Gasteiger partial charge in [-0.25, -0.2) is 4.79 Å². The summed E-state index contributed by atoms with van der Waals surface area (Å²) in [5.41, 5.74) is 0.628. The van der Waals surface area contributed by atoms with Gasteiger partial charge in [-0.15, -0.1) is 0 Å². The van der Waals surface area contributed by atoms with Crippen LogP contribution in [0.2, 0.25) is 0 Å². The number of carbonyl (C=O) groups excluding carboxylic acids is 2. The average molecular weight is 265 g/mol. The maximum absolute atomic E-state index is 11.8. The van der Waals surface area contributed by atoms with Crippen molar-refractivity contribution < 1.29 is 14.3 Å². The summed E-state index contributed by atoms with van der Waals surface area (Å²) in [4.78, 5) is 23.2. The second kappa shape index (κ2) is 5.86. The number of nitrogens with zero attached hydrogens (tertiary/aromatic N) is 2. The van der Waals surface area contributed by atoms with Crippen LogP contribution in [0.4, 0.5) is 0 Å². The first kappa shape index (κ1) is 13.6. The second-order valence-corrected chi connectivity index (χ2v) is 4.71. The van der Waals surface area contributed by atoms with Crippen molar-refractivity contribution in [3.05, 3.63) is 17.5 Å². The van der Waals surface area contributed by atoms with Crippen LogP contribution in [0.25, 0.3) is 0 Å². The molecule has 0 saturated carbocycles. The van der Waals surface area contributed by atoms with Crippen LogP contribution in [-0.4, -0.2) is 35.3 Å². The number of unbranched alkanes of at least 4 members (excludes halogenated alkanes) is 2. The van der Waals surface area contributed by atoms with Crippen molar-refractivity contribution in [1.82, 2.24) is 15.1 Å². The predicted octanol–water partition coefficient (Wildman–Crippen LogP) is 1.53. The van der Waals surface area contributed by atoms with Crippen molar-refractivity contribution in [2.75, 3.05) is 13.7 Å². The molecule has 1 aromatic heterocycles. The van der Waals surface area contributed by atoms with Crippen LogP contribution in [0.5, 0.6) is 0 Å². The number of esters is 1. The second-order valence-electron chi connectivity index (χ2n) is 4.71. The number of aromatic nitrogens is 2. The third kappa shape index (κ3) is 2.77. The Hall–Kier alpha value is -1.85. The minimum absolute atomic E-state index is 0.123. The van der Waals surface area contributed by atoms with Gasteiger partial charge in [0.05, 0.1) is 13.2 Å². The molecule has 1 aromatic rings. The van der Waals surface area contributed by atoms with Gasteiger partial charge in [-0.2, -0.15) is 5.10 Å². The highest BCUT2D eigenvalue weighted by molar-refractivity contribution is 5.96. The fourth-order valence-corrected chi connectivity index (χ4v) is 2.29. The van der Waals surface area contributed by atoms with Gasteiger partial charge in [0.2, 0.25) is 0 Å². The summed E-state index contributed by atoms with van der Waals surface area (Å²) in [6.07, 6.45) is 4.34. The molecule has 6 nitrogen and oxygen atoms in total. The summed E-state index contributed by atoms with van der Waals surface area (Å²) >= 11 is 0. The fraction of sp³-hybridized carbons (Fsp3) is 0.615. The number of methoxy groups -OCH3 is 1. The van der Waals surface area contributed by atoms with Crippen LogP contribution in [0.3, 0.4) is 0 Å². The maximum atomic E-state index is 11.8. The van der Waals surface area contributed by atoms with E-state index in [9.17, 15) is 9.59 Å². The van der Waals surface area contributed by atoms with Gasteiger partial charge in [0.15, 0.2) is 5.69 Å². The molecular weight excluding hydrogens is 246 g/mol. The van der Waals surface area contributed by atoms with Gasteiger partial charge in [0.25, 0.3) is 5.91 Å². The summed E-state index contributed by atoms with van der Waals surface area (Å²) < 4.78 is 6.30. The van der Waals surface area contributed by atoms with Crippen molar-refractivity contribution in [2.45, 2.75) is 38.6 Å². The molecule has 0 radical (unpaired) electrons. The number of nitrogens with one attached hydrogen (secondary N) is 1. The largest absolute Gasteiger partial charge is 0.464 e. The van der Waals surface area contributed by atoms with Crippen molar-refractivity contribution in [2.24, 2.45) is 0 Å². The molecule has 1 atom stereocenters. The highest BCUT2D eigenvalue weighted by Crippen LogP contribution is 2.21. The first-order valence-electron chi connectivity index (χ1n) is 6.63. The number of ether oxygens (including phenoxy) is 1. The predicted molar refractivity (Wildman–Crippen MR) is 69.1 cm³/mol. The van der Waals surface area contributed by atoms with Crippen molar-refractivity contribution in [1.29, 1.82) is 0 Å². The molecule has 6 heteroatoms. The van der Waals surface area contributed by atoms with Crippen LogP contribution in [0, 0.1) is 0 Å². The monoisotopic (exact) mass is 265 g/mol. The topological polar surface area (TPSA) is 73.2 Å². The molecule has 1 aliphatic rings. The molecule has 0 aromatic carbocycles. The smallest absolute Gasteiger partial charge is 0.358 e. The Bertz CT molecular complexity index is 481. The van der Waals surface area contributed by atoms with E-state index in [1.54, 1.807) is 4.68 Å². The Morgan fingerprint density at radius 2 is 2.37 bits per heavy atom. The summed E-state index contributed by atoms with van der Waals surface area (Å²) in [5.74, 6) is -0.698. The molecule has 0 saturated heterocycles. The van der Waals surface area contributed by atoms with Crippen LogP contribution in [0.1, 0.15) is 59.6 Å². The molecule has 1 amide bonds. The fourth-order valence-electron chi connectivity index (χ4n) is 2.29. The standard InChI is InChI=1S/C13H19N3O3/c1-3-4-5-6-9-8-14-12(17)11-7-10(13(18)19-2)15-16(9)11/h7,9H,3-6,8H2,1-2H3,(H,14,17). The number of rotatable bonds is 5. The molecule has 1 N–H and O–H groups in total. The first-order valence-corrected chi connectivity index (χ1v) is 6.63. The Balaban J connectivity index is 2.20. The van der Waals surface area contributed by atoms with E-state index in [1.807, 2.05) is 0 Å². The molecule has 19 heavy (non-hydrogen) atoms. The molecule has 1 aliphatic heterocycles. The van der Waals surface area contributed by atoms with E-state index in [1.165, 1.54) is 13.2 Å². The van der Waals surface area contributed by atoms with Gasteiger partial charge in [0.1, 0.15) is 5.69 Å². The lowest BCUT2D eigenvalue weighted by atomic mass is 10.1. The van der Waals surface area contributed by atoms with E-state index in [2.05, 4.69) is 22.1 Å². The van der Waals surface area contributed by atoms with E-state index in [0.717, 1.165) is 25.7 Å². The molecule has 2 heterocycles. The van der Waals surface area contributed by atoms with Gasteiger partial charge in [-0.05, 0) is 6.42 Å². The van der Waals surface area contributed by atoms with E-state index < -0.39 is 5.97 Å². The van der Waals surface area contributed by atoms with Crippen LogP contribution in [0.15, 0.2) is 6.07 Å². The quantitative estimate of drug-likeness (QED) is 0.647. The van der Waals surface area contributed by atoms with Crippen LogP contribution in [-0.2, 0) is 4.74 Å². The van der Waals surface area contributed by atoms with E-state index in [4.69, 9.17) is 0 Å². The normalized spacial score (nSPS) is 17.8. The summed E-state index contributed by atoms with van der Waals surface area (Å²) in [6.45, 7) is 2.72. The zero-order valence-electron chi connectivity index (χ0n) is 11.3. The number of carbonyl (C=O) groups is 2. The van der Waals surface area contributed by atoms with Gasteiger partial charge in [0, 0.05) is 12.6 Å². The van der Waals surface area contributed by atoms with E-state index in [0.29, 0.717) is 12.2 Å². The molecule has 0 bridgehead atoms. The van der Waals surface area contributed by atoms with E-state index in [-0.39, 0.29) is 17.6 Å². The maximum Gasteiger partial charge on any atom is 0.358 e. The lowest BCUT2D eigenvalue weighted by Crippen LogP contribution is -2.39. The van der Waals surface area contributed by atoms with E-state index >= 15 is 0 Å². The Kier molecular flexibility index (Phi) is 4.19. The Morgan fingerprint density at radius 3 is 3.05 bits per heavy atom. The summed E-state index contributed by atoms with van der Waals surface area (Å²) in [7, 11) is 1.31. The minimum Gasteiger partial charge on any atom is -0.464 e. The highest BCUT2D eigenvalue weighted by Gasteiger charge is 2.28. The molecular formula is C13H19N3O3. The van der Waals surface area contributed by atoms with Gasteiger partial charge < -0.3 is 10.1 Å². The molecule has 104 valence electrons. The Morgan fingerprint density at radius 1 is 1.58 bits per heavy atom. The first-order chi connectivity index (χ1) is 9.17. The lowest BCUT2D eigenvalue weighted by Gasteiger charge is -2.24. The summed E-state index contributed by atoms with van der Waals surface area (Å²) in [5, 5.41) is 7.05. The molecule has 0 spiro atoms. The van der Waals surface area contributed by atoms with Crippen molar-refractivity contribution >= 4 is 11.9 Å². The summed E-state index contributed by atoms with van der Waals surface area (Å²) in [6, 6.07) is 1.62. The zero-order chi connectivity index (χ0) is 13.8. The molecule has 0 fully saturated rings. The third-order valence-corrected chi connectivity index (χ3v) is 3.35. The van der Waals surface area contributed by atoms with Crippen molar-refractivity contribution in [3.63, 3.8) is 0 Å². The average Bonchev–Trinajstić information content (AvgIpc) is 2.87. The van der Waals surface area contributed by atoms with Crippen LogP contribution >= 0.6 is 0 Å². The van der Waals surface area contributed by atoms with Gasteiger partial charge >= 0.3 is 5.97 Å². The number of hydrogen-bond donors (Lipinski definition) is 1. The van der Waals surface area contributed by atoms with Gasteiger partial charge in [-0.1, -0.05) is 26.2 Å². The molecule has 1 unspecified atom stereocenters. The molecule has 2 rings (SSSR count). The molecule has 0 aliphatic carbocycles. The van der Waals surface area contributed by atoms with Crippen LogP contribution < -0.4 is 5.32 Å². The number of fused-ring (bicyclic) bond motifs is 1. The van der Waals surface area contributed by atoms with Gasteiger partial charge in [-0.3, -0.25) is 9.48 Å². The third-order valence-electron chi connectivity index (χ3n) is 3.35. The SMILES string of the molecule is CCCCCC1CNC(=O)c2cc(C(=O)OC)nn21.